The molecular formula is C14H18N2O2. The van der Waals surface area contributed by atoms with Crippen molar-refractivity contribution in [1.29, 1.82) is 0 Å². The fourth-order valence-corrected chi connectivity index (χ4v) is 2.48. The number of hydrogen-bond donors (Lipinski definition) is 0. The Bertz CT molecular complexity index is 471. The minimum absolute atomic E-state index is 0.00468. The molecule has 2 heterocycles. The largest absolute Gasteiger partial charge is 0.335 e. The first-order valence-electron chi connectivity index (χ1n) is 6.30. The number of aryl methyl sites for hydroxylation is 1. The second kappa shape index (κ2) is 5.29. The number of carbonyl (C=O) groups is 2. The topological polar surface area (TPSA) is 50.3 Å². The maximum absolute atomic E-state index is 12.4. The first kappa shape index (κ1) is 12.7. The van der Waals surface area contributed by atoms with Crippen LogP contribution in [0.15, 0.2) is 18.5 Å². The molecule has 4 nitrogen and oxygen atoms in total. The van der Waals surface area contributed by atoms with E-state index < -0.39 is 0 Å². The van der Waals surface area contributed by atoms with Crippen LogP contribution < -0.4 is 0 Å². The Hall–Kier alpha value is -1.71. The summed E-state index contributed by atoms with van der Waals surface area (Å²) in [6.07, 6.45) is 5.69. The molecular weight excluding hydrogens is 228 g/mol. The number of carbonyl (C=O) groups excluding carboxylic acids is 2. The van der Waals surface area contributed by atoms with Crippen LogP contribution in [-0.4, -0.2) is 34.2 Å². The van der Waals surface area contributed by atoms with Crippen LogP contribution in [0.25, 0.3) is 0 Å². The van der Waals surface area contributed by atoms with E-state index in [1.165, 1.54) is 0 Å². The van der Waals surface area contributed by atoms with Crippen molar-refractivity contribution in [3.8, 4) is 0 Å². The number of aromatic nitrogens is 1. The van der Waals surface area contributed by atoms with Gasteiger partial charge >= 0.3 is 0 Å². The molecule has 0 N–H and O–H groups in total. The fraction of sp³-hybridized carbons (Fsp3) is 0.500. The van der Waals surface area contributed by atoms with Crippen LogP contribution in [0, 0.1) is 6.92 Å². The monoisotopic (exact) mass is 246 g/mol. The average molecular weight is 246 g/mol. The van der Waals surface area contributed by atoms with Gasteiger partial charge < -0.3 is 4.90 Å². The number of Topliss-reactive ketones (excluding diaryl/α,β-unsaturated/α-hetero) is 1. The fourth-order valence-electron chi connectivity index (χ4n) is 2.48. The standard InChI is InChI=1S/C14H18N2O2/c1-10-6-12(9-15-8-10)14(18)16-5-3-4-13(16)7-11(2)17/h6,8-9,13H,3-5,7H2,1-2H3. The van der Waals surface area contributed by atoms with E-state index in [-0.39, 0.29) is 17.7 Å². The molecule has 0 aromatic carbocycles. The smallest absolute Gasteiger partial charge is 0.255 e. The van der Waals surface area contributed by atoms with Gasteiger partial charge in [0.2, 0.25) is 0 Å². The molecule has 1 unspecified atom stereocenters. The molecule has 0 aliphatic carbocycles. The van der Waals surface area contributed by atoms with Crippen molar-refractivity contribution in [2.75, 3.05) is 6.54 Å². The first-order valence-corrected chi connectivity index (χ1v) is 6.30. The summed E-state index contributed by atoms with van der Waals surface area (Å²) >= 11 is 0. The Morgan fingerprint density at radius 3 is 2.89 bits per heavy atom. The van der Waals surface area contributed by atoms with Gasteiger partial charge in [-0.2, -0.15) is 0 Å². The predicted octanol–water partition coefficient (Wildman–Crippen LogP) is 1.97. The van der Waals surface area contributed by atoms with E-state index in [2.05, 4.69) is 4.98 Å². The molecule has 18 heavy (non-hydrogen) atoms. The molecule has 1 aromatic rings. The third kappa shape index (κ3) is 2.75. The lowest BCUT2D eigenvalue weighted by Crippen LogP contribution is -2.36. The van der Waals surface area contributed by atoms with Gasteiger partial charge in [-0.3, -0.25) is 14.6 Å². The van der Waals surface area contributed by atoms with Crippen LogP contribution in [0.5, 0.6) is 0 Å². The zero-order chi connectivity index (χ0) is 13.1. The van der Waals surface area contributed by atoms with Crippen molar-refractivity contribution >= 4 is 11.7 Å². The van der Waals surface area contributed by atoms with Gasteiger partial charge in [0.05, 0.1) is 5.56 Å². The Morgan fingerprint density at radius 2 is 2.22 bits per heavy atom. The van der Waals surface area contributed by atoms with E-state index in [1.807, 2.05) is 17.9 Å². The number of pyridine rings is 1. The normalized spacial score (nSPS) is 19.0. The summed E-state index contributed by atoms with van der Waals surface area (Å²) in [6, 6.07) is 1.91. The third-order valence-corrected chi connectivity index (χ3v) is 3.28. The van der Waals surface area contributed by atoms with Gasteiger partial charge in [-0.15, -0.1) is 0 Å². The third-order valence-electron chi connectivity index (χ3n) is 3.28. The van der Waals surface area contributed by atoms with Gasteiger partial charge in [0.25, 0.3) is 5.91 Å². The van der Waals surface area contributed by atoms with Crippen LogP contribution in [0.2, 0.25) is 0 Å². The highest BCUT2D eigenvalue weighted by Crippen LogP contribution is 2.22. The molecule has 4 heteroatoms. The van der Waals surface area contributed by atoms with Crippen LogP contribution >= 0.6 is 0 Å². The lowest BCUT2D eigenvalue weighted by molar-refractivity contribution is -0.117. The highest BCUT2D eigenvalue weighted by atomic mass is 16.2. The van der Waals surface area contributed by atoms with E-state index >= 15 is 0 Å². The summed E-state index contributed by atoms with van der Waals surface area (Å²) in [6.45, 7) is 4.24. The Morgan fingerprint density at radius 1 is 1.44 bits per heavy atom. The maximum Gasteiger partial charge on any atom is 0.255 e. The van der Waals surface area contributed by atoms with E-state index in [0.29, 0.717) is 12.0 Å². The van der Waals surface area contributed by atoms with Crippen LogP contribution in [-0.2, 0) is 4.79 Å². The Balaban J connectivity index is 2.15. The number of hydrogen-bond acceptors (Lipinski definition) is 3. The zero-order valence-electron chi connectivity index (χ0n) is 10.8. The molecule has 1 amide bonds. The van der Waals surface area contributed by atoms with Crippen LogP contribution in [0.3, 0.4) is 0 Å². The number of ketones is 1. The summed E-state index contributed by atoms with van der Waals surface area (Å²) in [5.74, 6) is 0.136. The summed E-state index contributed by atoms with van der Waals surface area (Å²) in [4.78, 5) is 29.4. The van der Waals surface area contributed by atoms with E-state index in [0.717, 1.165) is 24.9 Å². The molecule has 96 valence electrons. The molecule has 2 rings (SSSR count). The molecule has 1 aliphatic heterocycles. The van der Waals surface area contributed by atoms with Crippen LogP contribution in [0.4, 0.5) is 0 Å². The molecule has 0 bridgehead atoms. The highest BCUT2D eigenvalue weighted by Gasteiger charge is 2.30. The lowest BCUT2D eigenvalue weighted by atomic mass is 10.1. The van der Waals surface area contributed by atoms with Gasteiger partial charge in [-0.05, 0) is 38.3 Å². The molecule has 1 saturated heterocycles. The average Bonchev–Trinajstić information content (AvgIpc) is 2.75. The quantitative estimate of drug-likeness (QED) is 0.819. The van der Waals surface area contributed by atoms with Crippen molar-refractivity contribution in [1.82, 2.24) is 9.88 Å². The highest BCUT2D eigenvalue weighted by molar-refractivity contribution is 5.94. The summed E-state index contributed by atoms with van der Waals surface area (Å²) in [5.41, 5.74) is 1.59. The molecule has 1 fully saturated rings. The number of likely N-dealkylation sites (tertiary alicyclic amines) is 1. The minimum Gasteiger partial charge on any atom is -0.335 e. The van der Waals surface area contributed by atoms with Crippen molar-refractivity contribution in [3.05, 3.63) is 29.6 Å². The minimum atomic E-state index is -0.00468. The zero-order valence-corrected chi connectivity index (χ0v) is 10.8. The summed E-state index contributed by atoms with van der Waals surface area (Å²) in [7, 11) is 0. The molecule has 1 atom stereocenters. The summed E-state index contributed by atoms with van der Waals surface area (Å²) < 4.78 is 0. The van der Waals surface area contributed by atoms with Crippen molar-refractivity contribution in [2.24, 2.45) is 0 Å². The second-order valence-electron chi connectivity index (χ2n) is 4.95. The van der Waals surface area contributed by atoms with E-state index in [9.17, 15) is 9.59 Å². The lowest BCUT2D eigenvalue weighted by Gasteiger charge is -2.24. The van der Waals surface area contributed by atoms with E-state index in [1.54, 1.807) is 19.3 Å². The molecule has 0 radical (unpaired) electrons. The van der Waals surface area contributed by atoms with Gasteiger partial charge in [0.15, 0.2) is 0 Å². The molecule has 0 spiro atoms. The van der Waals surface area contributed by atoms with Gasteiger partial charge in [0.1, 0.15) is 5.78 Å². The predicted molar refractivity (Wildman–Crippen MR) is 68.3 cm³/mol. The molecule has 0 saturated carbocycles. The Labute approximate surface area is 107 Å². The first-order chi connectivity index (χ1) is 8.58. The number of amides is 1. The van der Waals surface area contributed by atoms with Crippen LogP contribution in [0.1, 0.15) is 42.1 Å². The Kier molecular flexibility index (Phi) is 3.75. The van der Waals surface area contributed by atoms with Gasteiger partial charge in [-0.25, -0.2) is 0 Å². The molecule has 1 aromatic heterocycles. The van der Waals surface area contributed by atoms with E-state index in [4.69, 9.17) is 0 Å². The second-order valence-corrected chi connectivity index (χ2v) is 4.95. The van der Waals surface area contributed by atoms with Crippen molar-refractivity contribution in [3.63, 3.8) is 0 Å². The van der Waals surface area contributed by atoms with Gasteiger partial charge in [0, 0.05) is 31.4 Å². The molecule has 1 aliphatic rings. The van der Waals surface area contributed by atoms with Crippen molar-refractivity contribution in [2.45, 2.75) is 39.2 Å². The summed E-state index contributed by atoms with van der Waals surface area (Å²) in [5, 5.41) is 0. The maximum atomic E-state index is 12.4. The SMILES string of the molecule is CC(=O)CC1CCCN1C(=O)c1cncc(C)c1. The van der Waals surface area contributed by atoms with Gasteiger partial charge in [-0.1, -0.05) is 0 Å². The number of nitrogens with zero attached hydrogens (tertiary/aromatic N) is 2. The van der Waals surface area contributed by atoms with Crippen molar-refractivity contribution < 1.29 is 9.59 Å². The number of rotatable bonds is 3.